The minimum absolute atomic E-state index is 0.0166. The Labute approximate surface area is 227 Å². The van der Waals surface area contributed by atoms with Gasteiger partial charge in [0, 0.05) is 30.0 Å². The van der Waals surface area contributed by atoms with Crippen molar-refractivity contribution in [1.82, 2.24) is 9.55 Å². The zero-order chi connectivity index (χ0) is 28.8. The number of ether oxygens (including phenoxy) is 2. The second-order valence-corrected chi connectivity index (χ2v) is 10.3. The lowest BCUT2D eigenvalue weighted by Crippen LogP contribution is -2.42. The van der Waals surface area contributed by atoms with Crippen LogP contribution in [0, 0.1) is 0 Å². The van der Waals surface area contributed by atoms with Crippen LogP contribution in [-0.2, 0) is 27.1 Å². The molecule has 0 spiro atoms. The van der Waals surface area contributed by atoms with Gasteiger partial charge in [-0.15, -0.1) is 0 Å². The molecule has 2 aliphatic heterocycles. The van der Waals surface area contributed by atoms with E-state index in [4.69, 9.17) is 14.5 Å². The number of carboxylic acids is 1. The van der Waals surface area contributed by atoms with Crippen molar-refractivity contribution >= 4 is 28.8 Å². The molecular weight excluding hydrogens is 534 g/mol. The minimum Gasteiger partial charge on any atom is -0.481 e. The highest BCUT2D eigenvalue weighted by atomic mass is 19.3. The molecule has 40 heavy (non-hydrogen) atoms. The summed E-state index contributed by atoms with van der Waals surface area (Å²) in [6.45, 7) is 1.17. The molecule has 2 aromatic carbocycles. The van der Waals surface area contributed by atoms with Crippen LogP contribution in [0.15, 0.2) is 36.4 Å². The summed E-state index contributed by atoms with van der Waals surface area (Å²) in [6.07, 6.45) is -2.76. The number of nitrogens with zero attached hydrogens (tertiary/aromatic N) is 3. The van der Waals surface area contributed by atoms with Gasteiger partial charge in [0.2, 0.25) is 0 Å². The fraction of sp³-hybridized carbons (Fsp3) is 0.464. The van der Waals surface area contributed by atoms with Crippen molar-refractivity contribution < 1.29 is 41.7 Å². The Morgan fingerprint density at radius 2 is 1.88 bits per heavy atom. The molecule has 0 aliphatic carbocycles. The summed E-state index contributed by atoms with van der Waals surface area (Å²) >= 11 is 0. The lowest BCUT2D eigenvalue weighted by atomic mass is 9.94. The summed E-state index contributed by atoms with van der Waals surface area (Å²) < 4.78 is 66.9. The molecule has 0 radical (unpaired) electrons. The van der Waals surface area contributed by atoms with Crippen LogP contribution in [0.5, 0.6) is 0 Å². The van der Waals surface area contributed by atoms with E-state index in [1.165, 1.54) is 36.3 Å². The summed E-state index contributed by atoms with van der Waals surface area (Å²) in [5, 5.41) is 10.1. The van der Waals surface area contributed by atoms with Crippen molar-refractivity contribution in [3.63, 3.8) is 0 Å². The first-order valence-electron chi connectivity index (χ1n) is 13.0. The largest absolute Gasteiger partial charge is 0.481 e. The number of carbonyl (C=O) groups excluding carboxylic acids is 1. The van der Waals surface area contributed by atoms with Gasteiger partial charge in [0.25, 0.3) is 12.3 Å². The van der Waals surface area contributed by atoms with E-state index in [1.54, 1.807) is 16.7 Å². The van der Waals surface area contributed by atoms with Crippen LogP contribution in [0.4, 0.5) is 28.0 Å². The maximum Gasteiger partial charge on any atom is 0.414 e. The van der Waals surface area contributed by atoms with Gasteiger partial charge < -0.3 is 19.1 Å². The normalized spacial score (nSPS) is 21.3. The highest BCUT2D eigenvalue weighted by Crippen LogP contribution is 2.40. The summed E-state index contributed by atoms with van der Waals surface area (Å²) in [7, 11) is 1.29. The Morgan fingerprint density at radius 3 is 2.50 bits per heavy atom. The molecule has 1 unspecified atom stereocenters. The predicted octanol–water partition coefficient (Wildman–Crippen LogP) is 5.89. The van der Waals surface area contributed by atoms with Gasteiger partial charge >= 0.3 is 12.1 Å². The van der Waals surface area contributed by atoms with E-state index in [2.05, 4.69) is 0 Å². The number of halogens is 4. The maximum absolute atomic E-state index is 14.5. The SMILES string of the molecule is COC(=O)N1c2ccc3c(nc(CC(C(=O)O)c4ccc(C(F)F)cc4)n3[C@H]3COCC(F)(F)C3)c2CC[C@@H]1C. The Kier molecular flexibility index (Phi) is 7.47. The Bertz CT molecular complexity index is 1430. The Morgan fingerprint density at radius 1 is 1.18 bits per heavy atom. The number of carbonyl (C=O) groups is 2. The lowest BCUT2D eigenvalue weighted by molar-refractivity contribution is -0.139. The fourth-order valence-electron chi connectivity index (χ4n) is 5.75. The molecule has 3 heterocycles. The van der Waals surface area contributed by atoms with Crippen LogP contribution in [0.25, 0.3) is 11.0 Å². The average molecular weight is 564 g/mol. The Hall–Kier alpha value is -3.67. The third-order valence-corrected chi connectivity index (χ3v) is 7.70. The molecule has 5 rings (SSSR count). The molecule has 3 aromatic rings. The number of aromatic nitrogens is 2. The van der Waals surface area contributed by atoms with E-state index in [0.717, 1.165) is 5.56 Å². The van der Waals surface area contributed by atoms with E-state index < -0.39 is 49.4 Å². The lowest BCUT2D eigenvalue weighted by Gasteiger charge is -2.34. The number of hydrogen-bond acceptors (Lipinski definition) is 5. The summed E-state index contributed by atoms with van der Waals surface area (Å²) in [6, 6.07) is 7.48. The van der Waals surface area contributed by atoms with Crippen LogP contribution in [-0.4, -0.2) is 59.0 Å². The molecule has 1 N–H and O–H groups in total. The number of alkyl halides is 4. The minimum atomic E-state index is -3.08. The van der Waals surface area contributed by atoms with Crippen molar-refractivity contribution in [2.24, 2.45) is 0 Å². The van der Waals surface area contributed by atoms with Gasteiger partial charge in [0.05, 0.1) is 42.4 Å². The van der Waals surface area contributed by atoms with Gasteiger partial charge in [-0.25, -0.2) is 27.3 Å². The highest BCUT2D eigenvalue weighted by molar-refractivity contribution is 5.95. The summed E-state index contributed by atoms with van der Waals surface area (Å²) in [5.74, 6) is -5.21. The zero-order valence-corrected chi connectivity index (χ0v) is 21.9. The zero-order valence-electron chi connectivity index (χ0n) is 21.9. The monoisotopic (exact) mass is 563 g/mol. The number of amides is 1. The van der Waals surface area contributed by atoms with Crippen LogP contribution in [0.1, 0.15) is 60.7 Å². The molecule has 8 nitrogen and oxygen atoms in total. The van der Waals surface area contributed by atoms with E-state index >= 15 is 0 Å². The number of carboxylic acid groups (broad SMARTS) is 1. The number of anilines is 1. The van der Waals surface area contributed by atoms with Crippen molar-refractivity contribution in [1.29, 1.82) is 0 Å². The first-order chi connectivity index (χ1) is 19.0. The predicted molar refractivity (Wildman–Crippen MR) is 137 cm³/mol. The fourth-order valence-corrected chi connectivity index (χ4v) is 5.75. The molecule has 1 saturated heterocycles. The maximum atomic E-state index is 14.5. The number of methoxy groups -OCH3 is 1. The van der Waals surface area contributed by atoms with Crippen LogP contribution >= 0.6 is 0 Å². The van der Waals surface area contributed by atoms with E-state index in [-0.39, 0.29) is 36.0 Å². The second kappa shape index (κ2) is 10.7. The number of rotatable bonds is 6. The summed E-state index contributed by atoms with van der Waals surface area (Å²) in [4.78, 5) is 31.3. The van der Waals surface area contributed by atoms with Gasteiger partial charge in [-0.1, -0.05) is 24.3 Å². The number of aliphatic carboxylic acids is 1. The molecule has 12 heteroatoms. The van der Waals surface area contributed by atoms with Crippen molar-refractivity contribution in [2.75, 3.05) is 25.2 Å². The smallest absolute Gasteiger partial charge is 0.414 e. The second-order valence-electron chi connectivity index (χ2n) is 10.3. The molecule has 3 atom stereocenters. The number of imidazole rings is 1. The van der Waals surface area contributed by atoms with Crippen LogP contribution in [0.3, 0.4) is 0 Å². The Balaban J connectivity index is 1.64. The third-order valence-electron chi connectivity index (χ3n) is 7.70. The van der Waals surface area contributed by atoms with Gasteiger partial charge in [-0.05, 0) is 37.5 Å². The molecule has 0 saturated carbocycles. The van der Waals surface area contributed by atoms with E-state index in [0.29, 0.717) is 29.6 Å². The number of aryl methyl sites for hydroxylation is 1. The van der Waals surface area contributed by atoms with Gasteiger partial charge in [-0.2, -0.15) is 0 Å². The molecular formula is C28H29F4N3O5. The third kappa shape index (κ3) is 5.12. The average Bonchev–Trinajstić information content (AvgIpc) is 3.29. The molecule has 1 aromatic heterocycles. The van der Waals surface area contributed by atoms with Crippen molar-refractivity contribution in [2.45, 2.75) is 63.0 Å². The van der Waals surface area contributed by atoms with Crippen molar-refractivity contribution in [3.05, 3.63) is 58.9 Å². The first-order valence-corrected chi connectivity index (χ1v) is 13.0. The van der Waals surface area contributed by atoms with Crippen molar-refractivity contribution in [3.8, 4) is 0 Å². The molecule has 2 aliphatic rings. The number of benzene rings is 2. The van der Waals surface area contributed by atoms with E-state index in [1.807, 2.05) is 6.92 Å². The topological polar surface area (TPSA) is 93.9 Å². The quantitative estimate of drug-likeness (QED) is 0.376. The number of hydrogen-bond donors (Lipinski definition) is 1. The highest BCUT2D eigenvalue weighted by Gasteiger charge is 2.40. The first kappa shape index (κ1) is 27.9. The molecule has 1 amide bonds. The van der Waals surface area contributed by atoms with Gasteiger partial charge in [0.1, 0.15) is 12.4 Å². The summed E-state index contributed by atoms with van der Waals surface area (Å²) in [5.41, 5.74) is 2.39. The molecule has 0 bridgehead atoms. The molecule has 214 valence electrons. The van der Waals surface area contributed by atoms with Gasteiger partial charge in [0.15, 0.2) is 0 Å². The molecule has 1 fully saturated rings. The van der Waals surface area contributed by atoms with Crippen LogP contribution in [0.2, 0.25) is 0 Å². The number of fused-ring (bicyclic) bond motifs is 3. The van der Waals surface area contributed by atoms with Crippen LogP contribution < -0.4 is 4.90 Å². The van der Waals surface area contributed by atoms with E-state index in [9.17, 15) is 32.3 Å². The standard InChI is InChI=1S/C28H29F4N3O5/c1-15-3-8-19-21(34(15)27(38)39-2)9-10-22-24(19)33-23(35(22)18-12-28(31,32)14-40-13-18)11-20(26(36)37)16-4-6-17(7-5-16)25(29)30/h4-7,9-10,15,18,20,25H,3,8,11-14H2,1-2H3,(H,36,37)/t15-,18+,20?/m0/s1. The van der Waals surface area contributed by atoms with Gasteiger partial charge in [-0.3, -0.25) is 9.69 Å².